The van der Waals surface area contributed by atoms with E-state index in [1.165, 1.54) is 0 Å². The summed E-state index contributed by atoms with van der Waals surface area (Å²) in [5.74, 6) is 0.0209. The Hall–Kier alpha value is -1.93. The van der Waals surface area contributed by atoms with Crippen molar-refractivity contribution >= 4 is 5.91 Å². The molecule has 102 valence electrons. The fourth-order valence-electron chi connectivity index (χ4n) is 1.67. The zero-order chi connectivity index (χ0) is 13.9. The molecule has 0 unspecified atom stereocenters. The minimum Gasteiger partial charge on any atom is -0.336 e. The molecule has 0 saturated heterocycles. The molecular formula is C14H20N4O. The molecule has 1 aromatic rings. The highest BCUT2D eigenvalue weighted by molar-refractivity contribution is 5.78. The first kappa shape index (κ1) is 15.1. The highest BCUT2D eigenvalue weighted by Gasteiger charge is 2.13. The molecule has 5 nitrogen and oxygen atoms in total. The third kappa shape index (κ3) is 5.98. The second kappa shape index (κ2) is 9.06. The maximum atomic E-state index is 12.1. The molecule has 0 atom stereocenters. The molecule has 0 spiro atoms. The summed E-state index contributed by atoms with van der Waals surface area (Å²) in [5.41, 5.74) is 0.976. The largest absolute Gasteiger partial charge is 0.336 e. The first-order valence-electron chi connectivity index (χ1n) is 6.52. The molecule has 0 aliphatic heterocycles. The standard InChI is InChI=1S/C14H20N4O/c1-2-7-16-11-14(19)18(9-4-6-15)12-13-5-3-8-17-10-13/h3,5,8,10,16H,2,4,7,9,11-12H2,1H3. The van der Waals surface area contributed by atoms with Gasteiger partial charge in [0.2, 0.25) is 5.91 Å². The van der Waals surface area contributed by atoms with Crippen LogP contribution in [0.25, 0.3) is 0 Å². The van der Waals surface area contributed by atoms with Crippen molar-refractivity contribution in [3.8, 4) is 6.07 Å². The van der Waals surface area contributed by atoms with E-state index in [4.69, 9.17) is 5.26 Å². The number of aromatic nitrogens is 1. The molecule has 0 saturated carbocycles. The summed E-state index contributed by atoms with van der Waals surface area (Å²) in [7, 11) is 0. The minimum atomic E-state index is 0.0209. The number of carbonyl (C=O) groups is 1. The van der Waals surface area contributed by atoms with Gasteiger partial charge in [0.25, 0.3) is 0 Å². The van der Waals surface area contributed by atoms with Crippen LogP contribution in [0.3, 0.4) is 0 Å². The number of nitriles is 1. The molecular weight excluding hydrogens is 240 g/mol. The van der Waals surface area contributed by atoms with E-state index in [9.17, 15) is 4.79 Å². The third-order valence-electron chi connectivity index (χ3n) is 2.65. The van der Waals surface area contributed by atoms with Crippen LogP contribution in [0.2, 0.25) is 0 Å². The van der Waals surface area contributed by atoms with Crippen molar-refractivity contribution in [2.75, 3.05) is 19.6 Å². The van der Waals surface area contributed by atoms with Gasteiger partial charge in [0.1, 0.15) is 0 Å². The van der Waals surface area contributed by atoms with Crippen molar-refractivity contribution < 1.29 is 4.79 Å². The average molecular weight is 260 g/mol. The Labute approximate surface area is 114 Å². The highest BCUT2D eigenvalue weighted by Crippen LogP contribution is 2.04. The molecule has 0 bridgehead atoms. The number of hydrogen-bond donors (Lipinski definition) is 1. The van der Waals surface area contributed by atoms with Gasteiger partial charge in [-0.2, -0.15) is 5.26 Å². The summed E-state index contributed by atoms with van der Waals surface area (Å²) < 4.78 is 0. The van der Waals surface area contributed by atoms with Crippen LogP contribution in [0.1, 0.15) is 25.3 Å². The van der Waals surface area contributed by atoms with Gasteiger partial charge >= 0.3 is 0 Å². The van der Waals surface area contributed by atoms with E-state index in [-0.39, 0.29) is 5.91 Å². The van der Waals surface area contributed by atoms with Crippen LogP contribution in [-0.4, -0.2) is 35.4 Å². The van der Waals surface area contributed by atoms with E-state index in [2.05, 4.69) is 23.3 Å². The van der Waals surface area contributed by atoms with E-state index in [1.807, 2.05) is 12.1 Å². The zero-order valence-electron chi connectivity index (χ0n) is 11.3. The summed E-state index contributed by atoms with van der Waals surface area (Å²) >= 11 is 0. The van der Waals surface area contributed by atoms with Gasteiger partial charge in [0.05, 0.1) is 19.0 Å². The number of hydrogen-bond acceptors (Lipinski definition) is 4. The molecule has 1 amide bonds. The Kier molecular flexibility index (Phi) is 7.21. The van der Waals surface area contributed by atoms with Gasteiger partial charge in [-0.1, -0.05) is 13.0 Å². The van der Waals surface area contributed by atoms with Crippen LogP contribution in [0, 0.1) is 11.3 Å². The molecule has 1 rings (SSSR count). The molecule has 0 fully saturated rings. The van der Waals surface area contributed by atoms with E-state index in [0.717, 1.165) is 18.5 Å². The molecule has 0 radical (unpaired) electrons. The number of pyridine rings is 1. The van der Waals surface area contributed by atoms with Crippen LogP contribution in [0.4, 0.5) is 0 Å². The van der Waals surface area contributed by atoms with Crippen molar-refractivity contribution in [3.63, 3.8) is 0 Å². The van der Waals surface area contributed by atoms with Crippen molar-refractivity contribution in [2.45, 2.75) is 26.3 Å². The van der Waals surface area contributed by atoms with Gasteiger partial charge in [0, 0.05) is 25.5 Å². The zero-order valence-corrected chi connectivity index (χ0v) is 11.3. The SMILES string of the molecule is CCCNCC(=O)N(CCC#N)Cc1cccnc1. The molecule has 1 aromatic heterocycles. The predicted molar refractivity (Wildman–Crippen MR) is 73.0 cm³/mol. The van der Waals surface area contributed by atoms with Gasteiger partial charge in [0.15, 0.2) is 0 Å². The third-order valence-corrected chi connectivity index (χ3v) is 2.65. The molecule has 0 aliphatic carbocycles. The Balaban J connectivity index is 2.56. The van der Waals surface area contributed by atoms with Gasteiger partial charge in [-0.3, -0.25) is 9.78 Å². The van der Waals surface area contributed by atoms with Crippen LogP contribution >= 0.6 is 0 Å². The van der Waals surface area contributed by atoms with Crippen LogP contribution in [-0.2, 0) is 11.3 Å². The number of rotatable bonds is 8. The maximum Gasteiger partial charge on any atom is 0.236 e. The normalized spacial score (nSPS) is 9.89. The summed E-state index contributed by atoms with van der Waals surface area (Å²) in [6.45, 7) is 4.16. The second-order valence-corrected chi connectivity index (χ2v) is 4.26. The minimum absolute atomic E-state index is 0.0209. The molecule has 1 heterocycles. The van der Waals surface area contributed by atoms with Gasteiger partial charge in [-0.05, 0) is 24.6 Å². The number of amides is 1. The first-order chi connectivity index (χ1) is 9.27. The first-order valence-corrected chi connectivity index (χ1v) is 6.52. The highest BCUT2D eigenvalue weighted by atomic mass is 16.2. The van der Waals surface area contributed by atoms with Crippen molar-refractivity contribution in [1.82, 2.24) is 15.2 Å². The summed E-state index contributed by atoms with van der Waals surface area (Å²) in [5, 5.41) is 11.7. The lowest BCUT2D eigenvalue weighted by molar-refractivity contribution is -0.130. The predicted octanol–water partition coefficient (Wildman–Crippen LogP) is 1.32. The van der Waals surface area contributed by atoms with Crippen LogP contribution in [0.15, 0.2) is 24.5 Å². The van der Waals surface area contributed by atoms with E-state index in [1.54, 1.807) is 17.3 Å². The number of nitrogens with zero attached hydrogens (tertiary/aromatic N) is 3. The Morgan fingerprint density at radius 1 is 1.58 bits per heavy atom. The van der Waals surface area contributed by atoms with Crippen LogP contribution in [0.5, 0.6) is 0 Å². The van der Waals surface area contributed by atoms with E-state index < -0.39 is 0 Å². The Morgan fingerprint density at radius 3 is 3.05 bits per heavy atom. The molecule has 5 heteroatoms. The second-order valence-electron chi connectivity index (χ2n) is 4.26. The quantitative estimate of drug-likeness (QED) is 0.716. The van der Waals surface area contributed by atoms with Crippen molar-refractivity contribution in [1.29, 1.82) is 5.26 Å². The average Bonchev–Trinajstić information content (AvgIpc) is 2.44. The summed E-state index contributed by atoms with van der Waals surface area (Å²) in [6.07, 6.45) is 4.79. The monoisotopic (exact) mass is 260 g/mol. The van der Waals surface area contributed by atoms with Crippen molar-refractivity contribution in [3.05, 3.63) is 30.1 Å². The fourth-order valence-corrected chi connectivity index (χ4v) is 1.67. The molecule has 19 heavy (non-hydrogen) atoms. The van der Waals surface area contributed by atoms with E-state index in [0.29, 0.717) is 26.1 Å². The number of carbonyl (C=O) groups excluding carboxylic acids is 1. The summed E-state index contributed by atoms with van der Waals surface area (Å²) in [4.78, 5) is 17.8. The van der Waals surface area contributed by atoms with Gasteiger partial charge in [-0.25, -0.2) is 0 Å². The number of nitrogens with one attached hydrogen (secondary N) is 1. The Bertz CT molecular complexity index is 413. The van der Waals surface area contributed by atoms with Gasteiger partial charge in [-0.15, -0.1) is 0 Å². The topological polar surface area (TPSA) is 69.0 Å². The molecule has 0 aromatic carbocycles. The van der Waals surface area contributed by atoms with Crippen molar-refractivity contribution in [2.24, 2.45) is 0 Å². The lowest BCUT2D eigenvalue weighted by Gasteiger charge is -2.21. The van der Waals surface area contributed by atoms with Gasteiger partial charge < -0.3 is 10.2 Å². The fraction of sp³-hybridized carbons (Fsp3) is 0.500. The smallest absolute Gasteiger partial charge is 0.236 e. The molecule has 0 aliphatic rings. The lowest BCUT2D eigenvalue weighted by atomic mass is 10.2. The molecule has 1 N–H and O–H groups in total. The summed E-state index contributed by atoms with van der Waals surface area (Å²) in [6, 6.07) is 5.85. The Morgan fingerprint density at radius 2 is 2.42 bits per heavy atom. The van der Waals surface area contributed by atoms with E-state index >= 15 is 0 Å². The maximum absolute atomic E-state index is 12.1. The van der Waals surface area contributed by atoms with Crippen LogP contribution < -0.4 is 5.32 Å². The lowest BCUT2D eigenvalue weighted by Crippen LogP contribution is -2.38.